The van der Waals surface area contributed by atoms with E-state index in [2.05, 4.69) is 48.2 Å². The van der Waals surface area contributed by atoms with Crippen molar-refractivity contribution in [1.82, 2.24) is 15.0 Å². The smallest absolute Gasteiger partial charge is 0.224 e. The number of benzene rings is 1. The highest BCUT2D eigenvalue weighted by Crippen LogP contribution is 2.25. The molecule has 22 heavy (non-hydrogen) atoms. The van der Waals surface area contributed by atoms with Crippen LogP contribution in [0.15, 0.2) is 54.9 Å². The second-order valence-electron chi connectivity index (χ2n) is 4.55. The van der Waals surface area contributed by atoms with Gasteiger partial charge in [0.25, 0.3) is 0 Å². The van der Waals surface area contributed by atoms with Crippen LogP contribution >= 0.6 is 22.6 Å². The number of anilines is 3. The van der Waals surface area contributed by atoms with Crippen LogP contribution in [-0.2, 0) is 0 Å². The summed E-state index contributed by atoms with van der Waals surface area (Å²) in [6.45, 7) is 0. The van der Waals surface area contributed by atoms with Crippen molar-refractivity contribution in [3.63, 3.8) is 0 Å². The summed E-state index contributed by atoms with van der Waals surface area (Å²) >= 11 is 2.30. The van der Waals surface area contributed by atoms with Crippen LogP contribution in [-0.4, -0.2) is 22.0 Å². The van der Waals surface area contributed by atoms with E-state index in [1.165, 1.54) is 0 Å². The van der Waals surface area contributed by atoms with Crippen molar-refractivity contribution in [3.8, 4) is 11.3 Å². The molecular formula is C16H14IN5. The molecule has 0 aliphatic rings. The Kier molecular flexibility index (Phi) is 4.47. The Hall–Kier alpha value is -2.22. The molecule has 5 nitrogen and oxygen atoms in total. The highest BCUT2D eigenvalue weighted by molar-refractivity contribution is 14.1. The Bertz CT molecular complexity index is 776. The van der Waals surface area contributed by atoms with Gasteiger partial charge in [0, 0.05) is 34.6 Å². The SMILES string of the molecule is CNc1nc(Nc2ccccc2I)cc(-c2ccncc2)n1. The lowest BCUT2D eigenvalue weighted by molar-refractivity contribution is 1.15. The second kappa shape index (κ2) is 6.69. The largest absolute Gasteiger partial charge is 0.357 e. The zero-order valence-corrected chi connectivity index (χ0v) is 14.1. The van der Waals surface area contributed by atoms with E-state index in [1.54, 1.807) is 12.4 Å². The lowest BCUT2D eigenvalue weighted by Gasteiger charge is -2.11. The molecule has 3 aromatic rings. The second-order valence-corrected chi connectivity index (χ2v) is 5.71. The van der Waals surface area contributed by atoms with Crippen LogP contribution in [0.3, 0.4) is 0 Å². The quantitative estimate of drug-likeness (QED) is 0.647. The number of nitrogens with one attached hydrogen (secondary N) is 2. The Morgan fingerprint density at radius 1 is 1.00 bits per heavy atom. The van der Waals surface area contributed by atoms with E-state index >= 15 is 0 Å². The van der Waals surface area contributed by atoms with Gasteiger partial charge in [-0.25, -0.2) is 4.98 Å². The van der Waals surface area contributed by atoms with Gasteiger partial charge in [0.2, 0.25) is 5.95 Å². The summed E-state index contributed by atoms with van der Waals surface area (Å²) in [4.78, 5) is 13.0. The maximum absolute atomic E-state index is 4.49. The van der Waals surface area contributed by atoms with Gasteiger partial charge in [-0.1, -0.05) is 12.1 Å². The van der Waals surface area contributed by atoms with Gasteiger partial charge in [-0.05, 0) is 46.9 Å². The van der Waals surface area contributed by atoms with E-state index < -0.39 is 0 Å². The molecule has 0 aliphatic heterocycles. The number of hydrogen-bond donors (Lipinski definition) is 2. The maximum atomic E-state index is 4.49. The minimum absolute atomic E-state index is 0.572. The van der Waals surface area contributed by atoms with Gasteiger partial charge in [0.05, 0.1) is 11.4 Å². The third-order valence-corrected chi connectivity index (χ3v) is 4.00. The predicted molar refractivity (Wildman–Crippen MR) is 97.3 cm³/mol. The zero-order chi connectivity index (χ0) is 15.4. The van der Waals surface area contributed by atoms with E-state index in [1.807, 2.05) is 49.5 Å². The molecule has 2 N–H and O–H groups in total. The topological polar surface area (TPSA) is 62.7 Å². The summed E-state index contributed by atoms with van der Waals surface area (Å²) in [5.74, 6) is 1.32. The molecule has 0 aliphatic carbocycles. The van der Waals surface area contributed by atoms with E-state index in [-0.39, 0.29) is 0 Å². The zero-order valence-electron chi connectivity index (χ0n) is 11.9. The number of rotatable bonds is 4. The summed E-state index contributed by atoms with van der Waals surface area (Å²) < 4.78 is 1.13. The van der Waals surface area contributed by atoms with Crippen LogP contribution < -0.4 is 10.6 Å². The summed E-state index contributed by atoms with van der Waals surface area (Å²) in [6.07, 6.45) is 3.51. The normalized spacial score (nSPS) is 10.3. The molecule has 110 valence electrons. The molecule has 0 saturated heterocycles. The molecule has 0 unspecified atom stereocenters. The number of nitrogens with zero attached hydrogens (tertiary/aromatic N) is 3. The molecule has 3 rings (SSSR count). The van der Waals surface area contributed by atoms with Gasteiger partial charge in [0.1, 0.15) is 5.82 Å². The van der Waals surface area contributed by atoms with E-state index in [4.69, 9.17) is 0 Å². The Morgan fingerprint density at radius 3 is 2.50 bits per heavy atom. The highest BCUT2D eigenvalue weighted by Gasteiger charge is 2.07. The fourth-order valence-corrected chi connectivity index (χ4v) is 2.52. The molecule has 0 saturated carbocycles. The van der Waals surface area contributed by atoms with Crippen molar-refractivity contribution in [3.05, 3.63) is 58.4 Å². The monoisotopic (exact) mass is 403 g/mol. The minimum atomic E-state index is 0.572. The molecule has 0 fully saturated rings. The molecule has 0 spiro atoms. The summed E-state index contributed by atoms with van der Waals surface area (Å²) in [7, 11) is 1.81. The molecule has 0 amide bonds. The van der Waals surface area contributed by atoms with Crippen LogP contribution in [0.4, 0.5) is 17.5 Å². The van der Waals surface area contributed by atoms with Gasteiger partial charge in [-0.2, -0.15) is 4.98 Å². The number of para-hydroxylation sites is 1. The van der Waals surface area contributed by atoms with Crippen LogP contribution in [0.2, 0.25) is 0 Å². The Morgan fingerprint density at radius 2 is 1.77 bits per heavy atom. The average molecular weight is 403 g/mol. The van der Waals surface area contributed by atoms with Crippen LogP contribution in [0.1, 0.15) is 0 Å². The first-order chi connectivity index (χ1) is 10.8. The first kappa shape index (κ1) is 14.7. The standard InChI is InChI=1S/C16H14IN5/c1-18-16-21-14(11-6-8-19-9-7-11)10-15(22-16)20-13-5-3-2-4-12(13)17/h2-10H,1H3,(H2,18,20,21,22). The molecule has 0 bridgehead atoms. The van der Waals surface area contributed by atoms with Gasteiger partial charge in [0.15, 0.2) is 0 Å². The minimum Gasteiger partial charge on any atom is -0.357 e. The highest BCUT2D eigenvalue weighted by atomic mass is 127. The maximum Gasteiger partial charge on any atom is 0.224 e. The molecule has 2 heterocycles. The lowest BCUT2D eigenvalue weighted by atomic mass is 10.2. The molecule has 2 aromatic heterocycles. The number of pyridine rings is 1. The molecule has 0 radical (unpaired) electrons. The Labute approximate surface area is 142 Å². The van der Waals surface area contributed by atoms with Crippen LogP contribution in [0, 0.1) is 3.57 Å². The van der Waals surface area contributed by atoms with E-state index in [0.29, 0.717) is 5.95 Å². The molecule has 6 heteroatoms. The van der Waals surface area contributed by atoms with Crippen LogP contribution in [0.25, 0.3) is 11.3 Å². The van der Waals surface area contributed by atoms with E-state index in [9.17, 15) is 0 Å². The van der Waals surface area contributed by atoms with Crippen molar-refractivity contribution in [2.24, 2.45) is 0 Å². The van der Waals surface area contributed by atoms with Crippen molar-refractivity contribution >= 4 is 40.0 Å². The first-order valence-electron chi connectivity index (χ1n) is 6.75. The number of aromatic nitrogens is 3. The summed E-state index contributed by atoms with van der Waals surface area (Å²) in [5.41, 5.74) is 2.86. The average Bonchev–Trinajstić information content (AvgIpc) is 2.57. The Balaban J connectivity index is 2.00. The van der Waals surface area contributed by atoms with Crippen molar-refractivity contribution in [2.45, 2.75) is 0 Å². The van der Waals surface area contributed by atoms with Gasteiger partial charge in [-0.15, -0.1) is 0 Å². The predicted octanol–water partition coefficient (Wildman–Crippen LogP) is 3.93. The first-order valence-corrected chi connectivity index (χ1v) is 7.83. The van der Waals surface area contributed by atoms with Gasteiger partial charge in [-0.3, -0.25) is 4.98 Å². The third-order valence-electron chi connectivity index (χ3n) is 3.06. The van der Waals surface area contributed by atoms with Gasteiger partial charge < -0.3 is 10.6 Å². The molecular weight excluding hydrogens is 389 g/mol. The van der Waals surface area contributed by atoms with Crippen molar-refractivity contribution in [1.29, 1.82) is 0 Å². The summed E-state index contributed by atoms with van der Waals surface area (Å²) in [6, 6.07) is 13.9. The lowest BCUT2D eigenvalue weighted by Crippen LogP contribution is -2.02. The molecule has 1 aromatic carbocycles. The molecule has 0 atom stereocenters. The third kappa shape index (κ3) is 3.33. The van der Waals surface area contributed by atoms with E-state index in [0.717, 1.165) is 26.3 Å². The number of hydrogen-bond acceptors (Lipinski definition) is 5. The summed E-state index contributed by atoms with van der Waals surface area (Å²) in [5, 5.41) is 6.34. The fraction of sp³-hybridized carbons (Fsp3) is 0.0625. The van der Waals surface area contributed by atoms with Crippen LogP contribution in [0.5, 0.6) is 0 Å². The van der Waals surface area contributed by atoms with Crippen molar-refractivity contribution in [2.75, 3.05) is 17.7 Å². The van der Waals surface area contributed by atoms with Gasteiger partial charge >= 0.3 is 0 Å². The number of halogens is 1. The fourth-order valence-electron chi connectivity index (χ4n) is 1.99. The van der Waals surface area contributed by atoms with Crippen molar-refractivity contribution < 1.29 is 0 Å².